The first-order valence-corrected chi connectivity index (χ1v) is 11.3. The van der Waals surface area contributed by atoms with E-state index < -0.39 is 11.6 Å². The van der Waals surface area contributed by atoms with Crippen LogP contribution in [0.1, 0.15) is 23.1 Å². The van der Waals surface area contributed by atoms with Crippen molar-refractivity contribution in [3.63, 3.8) is 0 Å². The maximum atomic E-state index is 14.7. The minimum Gasteiger partial charge on any atom is -0.493 e. The van der Waals surface area contributed by atoms with Crippen LogP contribution in [0.25, 0.3) is 34.4 Å². The van der Waals surface area contributed by atoms with Gasteiger partial charge in [-0.15, -0.1) is 6.58 Å². The van der Waals surface area contributed by atoms with Crippen molar-refractivity contribution in [2.75, 3.05) is 6.61 Å². The third-order valence-electron chi connectivity index (χ3n) is 5.68. The Balaban J connectivity index is 1.49. The smallest absolute Gasteiger partial charge is 0.167 e. The summed E-state index contributed by atoms with van der Waals surface area (Å²) in [6.45, 7) is 6.02. The normalized spacial score (nSPS) is 11.1. The largest absolute Gasteiger partial charge is 0.493 e. The fourth-order valence-corrected chi connectivity index (χ4v) is 3.69. The molecule has 35 heavy (non-hydrogen) atoms. The molecule has 0 unspecified atom stereocenters. The van der Waals surface area contributed by atoms with Crippen LogP contribution in [0.4, 0.5) is 13.2 Å². The van der Waals surface area contributed by atoms with Crippen LogP contribution >= 0.6 is 0 Å². The van der Waals surface area contributed by atoms with Crippen LogP contribution in [0.5, 0.6) is 5.75 Å². The van der Waals surface area contributed by atoms with Gasteiger partial charge in [-0.1, -0.05) is 84.5 Å². The van der Waals surface area contributed by atoms with E-state index in [4.69, 9.17) is 4.74 Å². The zero-order valence-corrected chi connectivity index (χ0v) is 19.4. The summed E-state index contributed by atoms with van der Waals surface area (Å²) in [5.74, 6) is -1.68. The van der Waals surface area contributed by atoms with E-state index in [2.05, 4.69) is 6.58 Å². The van der Waals surface area contributed by atoms with Crippen molar-refractivity contribution in [1.29, 1.82) is 0 Å². The lowest BCUT2D eigenvalue weighted by Crippen LogP contribution is -1.96. The first-order chi connectivity index (χ1) is 17.0. The lowest BCUT2D eigenvalue weighted by molar-refractivity contribution is 0.323. The zero-order chi connectivity index (χ0) is 24.8. The van der Waals surface area contributed by atoms with Gasteiger partial charge < -0.3 is 4.74 Å². The Bertz CT molecular complexity index is 1350. The van der Waals surface area contributed by atoms with Gasteiger partial charge in [0, 0.05) is 22.8 Å². The molecule has 0 heterocycles. The summed E-state index contributed by atoms with van der Waals surface area (Å²) < 4.78 is 49.5. The molecule has 0 aliphatic rings. The summed E-state index contributed by atoms with van der Waals surface area (Å²) in [7, 11) is 0. The summed E-state index contributed by atoms with van der Waals surface area (Å²) in [5.41, 5.74) is 3.99. The standard InChI is InChI=1S/C31H25F3O/c1-3-4-19-35-26-16-18-27(29(32)20-26)23-12-7-22(8-13-23)9-14-25-15-17-28(31(34)30(25)33)24-10-5-21(2)6-11-24/h3,5-18,20H,1,4,19H2,2H3/b14-9+. The van der Waals surface area contributed by atoms with Gasteiger partial charge >= 0.3 is 0 Å². The molecule has 0 amide bonds. The molecule has 4 aromatic carbocycles. The highest BCUT2D eigenvalue weighted by atomic mass is 19.2. The summed E-state index contributed by atoms with van der Waals surface area (Å²) in [4.78, 5) is 0. The van der Waals surface area contributed by atoms with Gasteiger partial charge in [-0.05, 0) is 42.2 Å². The minimum absolute atomic E-state index is 0.153. The monoisotopic (exact) mass is 470 g/mol. The Hall–Kier alpha value is -4.05. The van der Waals surface area contributed by atoms with Gasteiger partial charge in [-0.25, -0.2) is 13.2 Å². The van der Waals surface area contributed by atoms with Crippen LogP contribution < -0.4 is 4.74 Å². The molecule has 0 spiro atoms. The van der Waals surface area contributed by atoms with E-state index >= 15 is 0 Å². The Morgan fingerprint density at radius 1 is 0.743 bits per heavy atom. The van der Waals surface area contributed by atoms with Crippen molar-refractivity contribution in [2.24, 2.45) is 0 Å². The van der Waals surface area contributed by atoms with Crippen molar-refractivity contribution < 1.29 is 17.9 Å². The van der Waals surface area contributed by atoms with Gasteiger partial charge in [0.05, 0.1) is 6.61 Å². The molecule has 0 saturated carbocycles. The molecule has 0 aromatic heterocycles. The quantitative estimate of drug-likeness (QED) is 0.142. The highest BCUT2D eigenvalue weighted by Gasteiger charge is 2.13. The molecule has 176 valence electrons. The summed E-state index contributed by atoms with van der Waals surface area (Å²) in [5, 5.41) is 0. The molecule has 1 nitrogen and oxygen atoms in total. The van der Waals surface area contributed by atoms with Crippen LogP contribution in [0.15, 0.2) is 91.5 Å². The molecule has 0 aliphatic carbocycles. The minimum atomic E-state index is -0.895. The van der Waals surface area contributed by atoms with E-state index in [9.17, 15) is 13.2 Å². The van der Waals surface area contributed by atoms with E-state index in [-0.39, 0.29) is 16.9 Å². The first kappa shape index (κ1) is 24.1. The van der Waals surface area contributed by atoms with Crippen LogP contribution in [0, 0.1) is 24.4 Å². The van der Waals surface area contributed by atoms with E-state index in [1.165, 1.54) is 12.1 Å². The van der Waals surface area contributed by atoms with Crippen LogP contribution in [-0.4, -0.2) is 6.61 Å². The second-order valence-electron chi connectivity index (χ2n) is 8.22. The molecule has 0 radical (unpaired) electrons. The van der Waals surface area contributed by atoms with Gasteiger partial charge in [0.15, 0.2) is 11.6 Å². The third kappa shape index (κ3) is 5.72. The molecule has 0 bridgehead atoms. The zero-order valence-electron chi connectivity index (χ0n) is 19.4. The molecule has 4 rings (SSSR count). The SMILES string of the molecule is C=CCCOc1ccc(-c2ccc(/C=C/c3ccc(-c4ccc(C)cc4)c(F)c3F)cc2)c(F)c1. The molecule has 4 heteroatoms. The molecular weight excluding hydrogens is 445 g/mol. The van der Waals surface area contributed by atoms with E-state index in [0.29, 0.717) is 35.5 Å². The van der Waals surface area contributed by atoms with E-state index in [1.54, 1.807) is 72.8 Å². The maximum absolute atomic E-state index is 14.7. The lowest BCUT2D eigenvalue weighted by atomic mass is 10.0. The Morgan fingerprint density at radius 2 is 1.40 bits per heavy atom. The molecule has 0 saturated heterocycles. The second-order valence-corrected chi connectivity index (χ2v) is 8.22. The predicted molar refractivity (Wildman–Crippen MR) is 138 cm³/mol. The van der Waals surface area contributed by atoms with Gasteiger partial charge in [-0.2, -0.15) is 0 Å². The number of hydrogen-bond donors (Lipinski definition) is 0. The van der Waals surface area contributed by atoms with Gasteiger partial charge in [0.2, 0.25) is 0 Å². The summed E-state index contributed by atoms with van der Waals surface area (Å²) in [6.07, 6.45) is 5.65. The van der Waals surface area contributed by atoms with E-state index in [0.717, 1.165) is 11.1 Å². The Labute approximate surface area is 203 Å². The molecular formula is C31H25F3O. The number of rotatable bonds is 8. The second kappa shape index (κ2) is 10.9. The van der Waals surface area contributed by atoms with Crippen LogP contribution in [-0.2, 0) is 0 Å². The Kier molecular flexibility index (Phi) is 7.51. The maximum Gasteiger partial charge on any atom is 0.167 e. The fraction of sp³-hybridized carbons (Fsp3) is 0.0968. The average Bonchev–Trinajstić information content (AvgIpc) is 2.86. The Morgan fingerprint density at radius 3 is 2.09 bits per heavy atom. The molecule has 0 aliphatic heterocycles. The molecule has 0 N–H and O–H groups in total. The number of aryl methyl sites for hydroxylation is 1. The highest BCUT2D eigenvalue weighted by Crippen LogP contribution is 2.29. The predicted octanol–water partition coefficient (Wildman–Crippen LogP) is 8.87. The average molecular weight is 471 g/mol. The summed E-state index contributed by atoms with van der Waals surface area (Å²) in [6, 6.07) is 22.4. The van der Waals surface area contributed by atoms with Crippen molar-refractivity contribution in [2.45, 2.75) is 13.3 Å². The van der Waals surface area contributed by atoms with Gasteiger partial charge in [0.1, 0.15) is 11.6 Å². The number of benzene rings is 4. The number of halogens is 3. The van der Waals surface area contributed by atoms with Gasteiger partial charge in [0.25, 0.3) is 0 Å². The van der Waals surface area contributed by atoms with E-state index in [1.807, 2.05) is 19.1 Å². The third-order valence-corrected chi connectivity index (χ3v) is 5.68. The highest BCUT2D eigenvalue weighted by molar-refractivity contribution is 5.74. The van der Waals surface area contributed by atoms with Crippen LogP contribution in [0.3, 0.4) is 0 Å². The topological polar surface area (TPSA) is 9.23 Å². The van der Waals surface area contributed by atoms with Gasteiger partial charge in [-0.3, -0.25) is 0 Å². The van der Waals surface area contributed by atoms with Crippen molar-refractivity contribution in [3.8, 4) is 28.0 Å². The van der Waals surface area contributed by atoms with Crippen LogP contribution in [0.2, 0.25) is 0 Å². The first-order valence-electron chi connectivity index (χ1n) is 11.3. The van der Waals surface area contributed by atoms with Crippen molar-refractivity contribution in [1.82, 2.24) is 0 Å². The van der Waals surface area contributed by atoms with Crippen molar-refractivity contribution in [3.05, 3.63) is 126 Å². The number of hydrogen-bond acceptors (Lipinski definition) is 1. The fourth-order valence-electron chi connectivity index (χ4n) is 3.69. The molecule has 4 aromatic rings. The van der Waals surface area contributed by atoms with Crippen molar-refractivity contribution >= 4 is 12.2 Å². The molecule has 0 atom stereocenters. The lowest BCUT2D eigenvalue weighted by Gasteiger charge is -2.08. The molecule has 0 fully saturated rings. The number of ether oxygens (including phenoxy) is 1. The summed E-state index contributed by atoms with van der Waals surface area (Å²) >= 11 is 0.